The number of likely N-dealkylation sites (tertiary alicyclic amines) is 1. The van der Waals surface area contributed by atoms with Gasteiger partial charge in [-0.2, -0.15) is 0 Å². The highest BCUT2D eigenvalue weighted by atomic mass is 32.1. The van der Waals surface area contributed by atoms with Crippen LogP contribution in [0.15, 0.2) is 35.7 Å². The third-order valence-electron chi connectivity index (χ3n) is 5.22. The lowest BCUT2D eigenvalue weighted by Crippen LogP contribution is -2.52. The summed E-state index contributed by atoms with van der Waals surface area (Å²) in [5, 5.41) is 13.6. The third kappa shape index (κ3) is 4.31. The molecular weight excluding hydrogens is 348 g/mol. The first kappa shape index (κ1) is 19.0. The second-order valence-corrected chi connectivity index (χ2v) is 7.98. The molecule has 3 rings (SSSR count). The van der Waals surface area contributed by atoms with Crippen molar-refractivity contribution in [2.75, 3.05) is 26.8 Å². The van der Waals surface area contributed by atoms with Gasteiger partial charge in [0.15, 0.2) is 0 Å². The molecule has 2 heterocycles. The first-order valence-corrected chi connectivity index (χ1v) is 9.89. The van der Waals surface area contributed by atoms with Crippen LogP contribution < -0.4 is 0 Å². The van der Waals surface area contributed by atoms with Gasteiger partial charge in [0.2, 0.25) is 0 Å². The van der Waals surface area contributed by atoms with Crippen molar-refractivity contribution in [2.24, 2.45) is 5.92 Å². The SMILES string of the molecule is COCC[C@@]1(O)CCN(C(=O)c2csc(Cc3ccccc3)n2)C[C@@H]1C. The lowest BCUT2D eigenvalue weighted by Gasteiger charge is -2.43. The van der Waals surface area contributed by atoms with Crippen molar-refractivity contribution in [3.05, 3.63) is 52.0 Å². The molecule has 1 aliphatic rings. The summed E-state index contributed by atoms with van der Waals surface area (Å²) in [4.78, 5) is 19.1. The molecule has 0 radical (unpaired) electrons. The van der Waals surface area contributed by atoms with E-state index in [0.717, 1.165) is 11.4 Å². The summed E-state index contributed by atoms with van der Waals surface area (Å²) in [5.41, 5.74) is 0.943. The number of rotatable bonds is 6. The summed E-state index contributed by atoms with van der Waals surface area (Å²) in [7, 11) is 1.64. The molecule has 1 N–H and O–H groups in total. The minimum absolute atomic E-state index is 0.0118. The highest BCUT2D eigenvalue weighted by molar-refractivity contribution is 7.09. The van der Waals surface area contributed by atoms with Gasteiger partial charge in [-0.15, -0.1) is 11.3 Å². The van der Waals surface area contributed by atoms with E-state index in [1.54, 1.807) is 7.11 Å². The second-order valence-electron chi connectivity index (χ2n) is 7.04. The Morgan fingerprint density at radius 2 is 2.19 bits per heavy atom. The molecule has 26 heavy (non-hydrogen) atoms. The molecule has 1 fully saturated rings. The van der Waals surface area contributed by atoms with Crippen molar-refractivity contribution in [3.8, 4) is 0 Å². The maximum Gasteiger partial charge on any atom is 0.273 e. The van der Waals surface area contributed by atoms with Crippen molar-refractivity contribution in [2.45, 2.75) is 31.8 Å². The molecule has 0 aliphatic carbocycles. The summed E-state index contributed by atoms with van der Waals surface area (Å²) in [5.74, 6) is -0.0287. The standard InChI is InChI=1S/C20H26N2O3S/c1-15-13-22(10-8-20(15,24)9-11-25-2)19(23)17-14-26-18(21-17)12-16-6-4-3-5-7-16/h3-7,14-15,24H,8-13H2,1-2H3/t15-,20-/m0/s1. The number of nitrogens with zero attached hydrogens (tertiary/aromatic N) is 2. The van der Waals surface area contributed by atoms with Crippen molar-refractivity contribution in [1.82, 2.24) is 9.88 Å². The number of methoxy groups -OCH3 is 1. The van der Waals surface area contributed by atoms with E-state index in [2.05, 4.69) is 17.1 Å². The van der Waals surface area contributed by atoms with Crippen LogP contribution in [0.25, 0.3) is 0 Å². The zero-order valence-electron chi connectivity index (χ0n) is 15.4. The number of carbonyl (C=O) groups excluding carboxylic acids is 1. The molecule has 2 atom stereocenters. The van der Waals surface area contributed by atoms with Crippen LogP contribution in [0.1, 0.15) is 40.8 Å². The predicted molar refractivity (Wildman–Crippen MR) is 102 cm³/mol. The number of hydrogen-bond acceptors (Lipinski definition) is 5. The summed E-state index contributed by atoms with van der Waals surface area (Å²) < 4.78 is 5.10. The first-order valence-electron chi connectivity index (χ1n) is 9.01. The first-order chi connectivity index (χ1) is 12.5. The Balaban J connectivity index is 1.62. The number of hydrogen-bond donors (Lipinski definition) is 1. The molecule has 0 spiro atoms. The van der Waals surface area contributed by atoms with Crippen LogP contribution in [0.4, 0.5) is 0 Å². The second kappa shape index (κ2) is 8.29. The molecule has 1 saturated heterocycles. The van der Waals surface area contributed by atoms with Crippen LogP contribution in [0.5, 0.6) is 0 Å². The molecule has 0 saturated carbocycles. The summed E-state index contributed by atoms with van der Waals surface area (Å²) >= 11 is 1.52. The van der Waals surface area contributed by atoms with Crippen molar-refractivity contribution in [1.29, 1.82) is 0 Å². The van der Waals surface area contributed by atoms with E-state index in [4.69, 9.17) is 4.74 Å². The van der Waals surface area contributed by atoms with Crippen LogP contribution in [0.2, 0.25) is 0 Å². The summed E-state index contributed by atoms with van der Waals surface area (Å²) in [6.07, 6.45) is 1.92. The zero-order chi connectivity index (χ0) is 18.6. The van der Waals surface area contributed by atoms with Crippen molar-refractivity contribution in [3.63, 3.8) is 0 Å². The molecule has 1 aromatic heterocycles. The van der Waals surface area contributed by atoms with Crippen LogP contribution in [0, 0.1) is 5.92 Å². The van der Waals surface area contributed by atoms with Crippen molar-refractivity contribution < 1.29 is 14.6 Å². The molecule has 140 valence electrons. The van der Waals surface area contributed by atoms with Crippen LogP contribution in [-0.2, 0) is 11.2 Å². The molecule has 1 amide bonds. The average molecular weight is 375 g/mol. The lowest BCUT2D eigenvalue weighted by molar-refractivity contribution is -0.0750. The number of aromatic nitrogens is 1. The van der Waals surface area contributed by atoms with Crippen molar-refractivity contribution >= 4 is 17.2 Å². The van der Waals surface area contributed by atoms with E-state index in [1.165, 1.54) is 16.9 Å². The molecule has 5 nitrogen and oxygen atoms in total. The normalized spacial score (nSPS) is 23.2. The van der Waals surface area contributed by atoms with Gasteiger partial charge in [0, 0.05) is 44.5 Å². The van der Waals surface area contributed by atoms with Gasteiger partial charge in [-0.1, -0.05) is 37.3 Å². The number of amides is 1. The number of carbonyl (C=O) groups is 1. The molecular formula is C20H26N2O3S. The number of ether oxygens (including phenoxy) is 1. The number of thiazole rings is 1. The smallest absolute Gasteiger partial charge is 0.273 e. The highest BCUT2D eigenvalue weighted by Gasteiger charge is 2.40. The minimum atomic E-state index is -0.757. The number of piperidine rings is 1. The van der Waals surface area contributed by atoms with E-state index in [-0.39, 0.29) is 11.8 Å². The fourth-order valence-corrected chi connectivity index (χ4v) is 4.23. The van der Waals surface area contributed by atoms with E-state index in [9.17, 15) is 9.90 Å². The van der Waals surface area contributed by atoms with E-state index in [1.807, 2.05) is 35.4 Å². The minimum Gasteiger partial charge on any atom is -0.389 e. The molecule has 2 aromatic rings. The topological polar surface area (TPSA) is 62.7 Å². The molecule has 1 aromatic carbocycles. The lowest BCUT2D eigenvalue weighted by atomic mass is 9.80. The predicted octanol–water partition coefficient (Wildman–Crippen LogP) is 2.98. The van der Waals surface area contributed by atoms with Gasteiger partial charge in [-0.25, -0.2) is 4.98 Å². The van der Waals surface area contributed by atoms with Crippen LogP contribution >= 0.6 is 11.3 Å². The zero-order valence-corrected chi connectivity index (χ0v) is 16.2. The summed E-state index contributed by atoms with van der Waals surface area (Å²) in [6.45, 7) is 3.63. The fraction of sp³-hybridized carbons (Fsp3) is 0.500. The van der Waals surface area contributed by atoms with Crippen LogP contribution in [0.3, 0.4) is 0 Å². The van der Waals surface area contributed by atoms with E-state index < -0.39 is 5.60 Å². The molecule has 0 bridgehead atoms. The Labute approximate surface area is 158 Å². The molecule has 0 unspecified atom stereocenters. The Bertz CT molecular complexity index is 734. The van der Waals surface area contributed by atoms with Gasteiger partial charge >= 0.3 is 0 Å². The average Bonchev–Trinajstić information content (AvgIpc) is 3.11. The number of aliphatic hydroxyl groups is 1. The Morgan fingerprint density at radius 3 is 2.88 bits per heavy atom. The highest BCUT2D eigenvalue weighted by Crippen LogP contribution is 2.31. The van der Waals surface area contributed by atoms with Gasteiger partial charge in [0.1, 0.15) is 5.69 Å². The fourth-order valence-electron chi connectivity index (χ4n) is 3.42. The van der Waals surface area contributed by atoms with E-state index in [0.29, 0.717) is 38.2 Å². The maximum atomic E-state index is 12.8. The summed E-state index contributed by atoms with van der Waals surface area (Å²) in [6, 6.07) is 10.1. The Morgan fingerprint density at radius 1 is 1.42 bits per heavy atom. The van der Waals surface area contributed by atoms with Crippen LogP contribution in [-0.4, -0.2) is 53.3 Å². The van der Waals surface area contributed by atoms with Gasteiger partial charge < -0.3 is 14.7 Å². The Hall–Kier alpha value is -1.76. The Kier molecular flexibility index (Phi) is 6.06. The van der Waals surface area contributed by atoms with E-state index >= 15 is 0 Å². The quantitative estimate of drug-likeness (QED) is 0.844. The largest absolute Gasteiger partial charge is 0.389 e. The molecule has 1 aliphatic heterocycles. The monoisotopic (exact) mass is 374 g/mol. The van der Waals surface area contributed by atoms with Gasteiger partial charge in [0.25, 0.3) is 5.91 Å². The molecule has 6 heteroatoms. The maximum absolute atomic E-state index is 12.8. The third-order valence-corrected chi connectivity index (χ3v) is 6.07. The van der Waals surface area contributed by atoms with Gasteiger partial charge in [-0.3, -0.25) is 4.79 Å². The van der Waals surface area contributed by atoms with Gasteiger partial charge in [0.05, 0.1) is 10.6 Å². The number of benzene rings is 1. The van der Waals surface area contributed by atoms with Gasteiger partial charge in [-0.05, 0) is 18.4 Å².